The third kappa shape index (κ3) is 8.06. The van der Waals surface area contributed by atoms with Crippen LogP contribution in [-0.2, 0) is 17.6 Å². The summed E-state index contributed by atoms with van der Waals surface area (Å²) in [6, 6.07) is 14.0. The van der Waals surface area contributed by atoms with E-state index in [2.05, 4.69) is 66.1 Å². The number of aromatic amines is 1. The molecule has 0 bridgehead atoms. The minimum atomic E-state index is -0.00891. The summed E-state index contributed by atoms with van der Waals surface area (Å²) >= 11 is 11.7. The van der Waals surface area contributed by atoms with E-state index in [9.17, 15) is 4.79 Å². The van der Waals surface area contributed by atoms with Crippen LogP contribution in [0.5, 0.6) is 0 Å². The summed E-state index contributed by atoms with van der Waals surface area (Å²) < 4.78 is 0. The number of amides is 1. The van der Waals surface area contributed by atoms with Crippen molar-refractivity contribution in [1.29, 1.82) is 0 Å². The summed E-state index contributed by atoms with van der Waals surface area (Å²) in [6.45, 7) is 7.56. The van der Waals surface area contributed by atoms with Crippen molar-refractivity contribution in [3.05, 3.63) is 64.8 Å². The van der Waals surface area contributed by atoms with Crippen LogP contribution in [0.3, 0.4) is 0 Å². The second-order valence-electron chi connectivity index (χ2n) is 9.48. The Kier molecular flexibility index (Phi) is 8.75. The van der Waals surface area contributed by atoms with E-state index in [1.165, 1.54) is 10.9 Å². The molecule has 0 aliphatic carbocycles. The van der Waals surface area contributed by atoms with Gasteiger partial charge in [-0.15, -0.1) is 0 Å². The number of benzene rings is 2. The van der Waals surface area contributed by atoms with Crippen molar-refractivity contribution in [2.75, 3.05) is 18.4 Å². The first-order valence-electron chi connectivity index (χ1n) is 11.4. The van der Waals surface area contributed by atoms with Crippen molar-refractivity contribution in [2.24, 2.45) is 5.41 Å². The lowest BCUT2D eigenvalue weighted by Crippen LogP contribution is -2.30. The Balaban J connectivity index is 1.47. The maximum atomic E-state index is 12.0. The van der Waals surface area contributed by atoms with E-state index in [1.54, 1.807) is 0 Å². The van der Waals surface area contributed by atoms with Crippen LogP contribution >= 0.6 is 23.8 Å². The maximum absolute atomic E-state index is 12.0. The molecule has 1 aromatic heterocycles. The van der Waals surface area contributed by atoms with Crippen LogP contribution in [-0.4, -0.2) is 29.1 Å². The van der Waals surface area contributed by atoms with Gasteiger partial charge in [0.15, 0.2) is 5.11 Å². The van der Waals surface area contributed by atoms with Gasteiger partial charge in [-0.3, -0.25) is 4.79 Å². The summed E-state index contributed by atoms with van der Waals surface area (Å²) in [7, 11) is 0. The minimum Gasteiger partial charge on any atom is -0.362 e. The number of aromatic nitrogens is 1. The van der Waals surface area contributed by atoms with Gasteiger partial charge in [0.25, 0.3) is 0 Å². The number of aryl methyl sites for hydroxylation is 1. The first-order chi connectivity index (χ1) is 15.7. The number of H-pyrrole nitrogens is 1. The molecule has 0 saturated carbocycles. The summed E-state index contributed by atoms with van der Waals surface area (Å²) in [6.07, 6.45) is 5.06. The standard InChI is InChI=1S/C26H33ClN4OS/c1-26(2,3)16-24(32)28-13-6-7-18-15-20(27)10-11-22(18)31-25(33)29-14-12-19-17-30-23-9-5-4-8-21(19)23/h4-5,8-11,15,17,30H,6-7,12-14,16H2,1-3H3,(H,28,32)(H2,29,31,33). The quantitative estimate of drug-likeness (QED) is 0.227. The van der Waals surface area contributed by atoms with E-state index < -0.39 is 0 Å². The smallest absolute Gasteiger partial charge is 0.220 e. The molecule has 0 radical (unpaired) electrons. The third-order valence-electron chi connectivity index (χ3n) is 5.31. The summed E-state index contributed by atoms with van der Waals surface area (Å²) in [5.41, 5.74) is 4.42. The molecular weight excluding hydrogens is 452 g/mol. The van der Waals surface area contributed by atoms with Gasteiger partial charge in [0.1, 0.15) is 0 Å². The van der Waals surface area contributed by atoms with Gasteiger partial charge in [0, 0.05) is 47.3 Å². The fourth-order valence-corrected chi connectivity index (χ4v) is 4.16. The SMILES string of the molecule is CC(C)(C)CC(=O)NCCCc1cc(Cl)ccc1NC(=S)NCCc1c[nH]c2ccccc12. The van der Waals surface area contributed by atoms with Crippen LogP contribution in [0.25, 0.3) is 10.9 Å². The predicted molar refractivity (Wildman–Crippen MR) is 143 cm³/mol. The third-order valence-corrected chi connectivity index (χ3v) is 5.79. The highest BCUT2D eigenvalue weighted by atomic mass is 35.5. The summed E-state index contributed by atoms with van der Waals surface area (Å²) in [5, 5.41) is 12.1. The molecule has 176 valence electrons. The fraction of sp³-hybridized carbons (Fsp3) is 0.385. The van der Waals surface area contributed by atoms with Crippen molar-refractivity contribution in [3.8, 4) is 0 Å². The number of fused-ring (bicyclic) bond motifs is 1. The highest BCUT2D eigenvalue weighted by Crippen LogP contribution is 2.23. The molecule has 2 aromatic carbocycles. The van der Waals surface area contributed by atoms with Crippen LogP contribution in [0.1, 0.15) is 44.7 Å². The molecule has 33 heavy (non-hydrogen) atoms. The normalized spacial score (nSPS) is 11.4. The Hall–Kier alpha value is -2.57. The Morgan fingerprint density at radius 1 is 1.03 bits per heavy atom. The largest absolute Gasteiger partial charge is 0.362 e. The zero-order valence-electron chi connectivity index (χ0n) is 19.6. The molecule has 3 aromatic rings. The van der Waals surface area contributed by atoms with Gasteiger partial charge in [0.05, 0.1) is 0 Å². The molecule has 3 rings (SSSR count). The topological polar surface area (TPSA) is 69.0 Å². The zero-order chi connectivity index (χ0) is 23.8. The molecule has 7 heteroatoms. The molecule has 0 spiro atoms. The van der Waals surface area contributed by atoms with Crippen molar-refractivity contribution in [3.63, 3.8) is 0 Å². The lowest BCUT2D eigenvalue weighted by Gasteiger charge is -2.17. The number of nitrogens with one attached hydrogen (secondary N) is 4. The number of anilines is 1. The van der Waals surface area contributed by atoms with E-state index in [-0.39, 0.29) is 11.3 Å². The van der Waals surface area contributed by atoms with Crippen LogP contribution in [0, 0.1) is 5.41 Å². The molecule has 0 saturated heterocycles. The number of hydrogen-bond donors (Lipinski definition) is 4. The highest BCUT2D eigenvalue weighted by molar-refractivity contribution is 7.80. The summed E-state index contributed by atoms with van der Waals surface area (Å²) in [5.74, 6) is 0.0903. The molecule has 0 fully saturated rings. The van der Waals surface area contributed by atoms with E-state index in [1.807, 2.05) is 24.3 Å². The number of rotatable bonds is 9. The van der Waals surface area contributed by atoms with Gasteiger partial charge >= 0.3 is 0 Å². The van der Waals surface area contributed by atoms with E-state index in [0.717, 1.165) is 42.6 Å². The lowest BCUT2D eigenvalue weighted by molar-refractivity contribution is -0.122. The van der Waals surface area contributed by atoms with Gasteiger partial charge < -0.3 is 20.9 Å². The molecule has 0 atom stereocenters. The number of para-hydroxylation sites is 1. The Morgan fingerprint density at radius 2 is 1.82 bits per heavy atom. The highest BCUT2D eigenvalue weighted by Gasteiger charge is 2.15. The molecule has 0 aliphatic rings. The summed E-state index contributed by atoms with van der Waals surface area (Å²) in [4.78, 5) is 15.3. The van der Waals surface area contributed by atoms with Gasteiger partial charge in [-0.05, 0) is 72.3 Å². The molecule has 1 amide bonds. The number of thiocarbonyl (C=S) groups is 1. The van der Waals surface area contributed by atoms with E-state index in [0.29, 0.717) is 23.1 Å². The van der Waals surface area contributed by atoms with Crippen molar-refractivity contribution >= 4 is 51.4 Å². The van der Waals surface area contributed by atoms with Crippen LogP contribution in [0.4, 0.5) is 5.69 Å². The Bertz CT molecular complexity index is 1100. The van der Waals surface area contributed by atoms with Crippen molar-refractivity contribution in [1.82, 2.24) is 15.6 Å². The van der Waals surface area contributed by atoms with Crippen molar-refractivity contribution in [2.45, 2.75) is 46.5 Å². The first kappa shape index (κ1) is 25.1. The van der Waals surface area contributed by atoms with Crippen LogP contribution in [0.15, 0.2) is 48.7 Å². The Morgan fingerprint density at radius 3 is 2.61 bits per heavy atom. The molecule has 0 unspecified atom stereocenters. The number of hydrogen-bond acceptors (Lipinski definition) is 2. The minimum absolute atomic E-state index is 0.00891. The van der Waals surface area contributed by atoms with Crippen LogP contribution in [0.2, 0.25) is 5.02 Å². The van der Waals surface area contributed by atoms with Gasteiger partial charge in [-0.2, -0.15) is 0 Å². The Labute approximate surface area is 206 Å². The van der Waals surface area contributed by atoms with Gasteiger partial charge in [0.2, 0.25) is 5.91 Å². The average molecular weight is 485 g/mol. The molecule has 1 heterocycles. The number of carbonyl (C=O) groups is 1. The molecule has 4 N–H and O–H groups in total. The molecule has 0 aliphatic heterocycles. The molecule has 5 nitrogen and oxygen atoms in total. The average Bonchev–Trinajstić information content (AvgIpc) is 3.15. The van der Waals surface area contributed by atoms with Gasteiger partial charge in [-0.1, -0.05) is 50.6 Å². The first-order valence-corrected chi connectivity index (χ1v) is 12.1. The second-order valence-corrected chi connectivity index (χ2v) is 10.3. The number of halogens is 1. The fourth-order valence-electron chi connectivity index (χ4n) is 3.76. The maximum Gasteiger partial charge on any atom is 0.220 e. The molecular formula is C26H33ClN4OS. The van der Waals surface area contributed by atoms with E-state index in [4.69, 9.17) is 23.8 Å². The van der Waals surface area contributed by atoms with Crippen molar-refractivity contribution < 1.29 is 4.79 Å². The lowest BCUT2D eigenvalue weighted by atomic mass is 9.92. The number of carbonyl (C=O) groups excluding carboxylic acids is 1. The second kappa shape index (κ2) is 11.5. The predicted octanol–water partition coefficient (Wildman–Crippen LogP) is 5.84. The van der Waals surface area contributed by atoms with E-state index >= 15 is 0 Å². The monoisotopic (exact) mass is 484 g/mol. The van der Waals surface area contributed by atoms with Gasteiger partial charge in [-0.25, -0.2) is 0 Å². The van der Waals surface area contributed by atoms with Crippen LogP contribution < -0.4 is 16.0 Å². The zero-order valence-corrected chi connectivity index (χ0v) is 21.1.